The first-order valence-corrected chi connectivity index (χ1v) is 10.9. The van der Waals surface area contributed by atoms with Crippen molar-refractivity contribution in [2.24, 2.45) is 10.1 Å². The first kappa shape index (κ1) is 18.8. The van der Waals surface area contributed by atoms with Gasteiger partial charge in [-0.15, -0.1) is 0 Å². The van der Waals surface area contributed by atoms with Crippen LogP contribution in [0.4, 0.5) is 11.4 Å². The Bertz CT molecular complexity index is 973. The predicted molar refractivity (Wildman–Crippen MR) is 110 cm³/mol. The second-order valence-electron chi connectivity index (χ2n) is 5.63. The molecule has 2 aromatic carbocycles. The third-order valence-corrected chi connectivity index (χ3v) is 6.05. The molecule has 6 nitrogen and oxygen atoms in total. The molecule has 0 aliphatic carbocycles. The molecular weight excluding hydrogens is 392 g/mol. The molecule has 0 saturated carbocycles. The number of benzene rings is 2. The van der Waals surface area contributed by atoms with Crippen molar-refractivity contribution in [2.45, 2.75) is 0 Å². The second-order valence-corrected chi connectivity index (χ2v) is 9.05. The Balaban J connectivity index is 1.73. The van der Waals surface area contributed by atoms with E-state index in [2.05, 4.69) is 15.5 Å². The van der Waals surface area contributed by atoms with Crippen molar-refractivity contribution in [2.75, 3.05) is 23.4 Å². The summed E-state index contributed by atoms with van der Waals surface area (Å²) >= 11 is 7.50. The lowest BCUT2D eigenvalue weighted by molar-refractivity contribution is 0.600. The van der Waals surface area contributed by atoms with Crippen LogP contribution in [0.25, 0.3) is 0 Å². The van der Waals surface area contributed by atoms with E-state index < -0.39 is 10.0 Å². The van der Waals surface area contributed by atoms with E-state index in [-0.39, 0.29) is 0 Å². The quantitative estimate of drug-likeness (QED) is 0.840. The fraction of sp³-hybridized carbons (Fsp3) is 0.176. The number of thioether (sulfide) groups is 1. The minimum absolute atomic E-state index is 0.608. The van der Waals surface area contributed by atoms with Gasteiger partial charge >= 0.3 is 0 Å². The van der Waals surface area contributed by atoms with Crippen molar-refractivity contribution in [3.8, 4) is 0 Å². The topological polar surface area (TPSA) is 74.1 Å². The van der Waals surface area contributed by atoms with Gasteiger partial charge in [-0.3, -0.25) is 9.73 Å². The summed E-state index contributed by atoms with van der Waals surface area (Å²) in [6.45, 7) is 0. The molecule has 0 aromatic heterocycles. The Morgan fingerprint density at radius 3 is 2.54 bits per heavy atom. The largest absolute Gasteiger partial charge is 0.274 e. The van der Waals surface area contributed by atoms with Crippen molar-refractivity contribution < 1.29 is 8.42 Å². The summed E-state index contributed by atoms with van der Waals surface area (Å²) in [6.07, 6.45) is 1.17. The van der Waals surface area contributed by atoms with Gasteiger partial charge in [0.25, 0.3) is 0 Å². The lowest BCUT2D eigenvalue weighted by atomic mass is 10.1. The molecule has 0 spiro atoms. The smallest absolute Gasteiger partial charge is 0.231 e. The van der Waals surface area contributed by atoms with Gasteiger partial charge in [-0.25, -0.2) is 13.4 Å². The highest BCUT2D eigenvalue weighted by atomic mass is 35.5. The molecule has 1 N–H and O–H groups in total. The molecule has 26 heavy (non-hydrogen) atoms. The van der Waals surface area contributed by atoms with Gasteiger partial charge in [0, 0.05) is 17.8 Å². The standard InChI is InChI=1S/C17H17ClN4O2S2/c1-22(26(2,23)24)15-8-6-12(7-9-15)16-11-25-17(21-20-16)19-14-5-3-4-13(18)10-14/h3-10H,11H2,1-2H3,(H,19,21). The number of aliphatic imine (C=N–C) groups is 1. The van der Waals surface area contributed by atoms with Gasteiger partial charge in [0.1, 0.15) is 0 Å². The molecule has 0 unspecified atom stereocenters. The Morgan fingerprint density at radius 1 is 1.23 bits per heavy atom. The van der Waals surface area contributed by atoms with Crippen LogP contribution >= 0.6 is 23.4 Å². The van der Waals surface area contributed by atoms with Crippen molar-refractivity contribution in [1.29, 1.82) is 0 Å². The van der Waals surface area contributed by atoms with Gasteiger partial charge in [0.15, 0.2) is 5.17 Å². The summed E-state index contributed by atoms with van der Waals surface area (Å²) < 4.78 is 24.4. The van der Waals surface area contributed by atoms with Crippen molar-refractivity contribution in [3.63, 3.8) is 0 Å². The van der Waals surface area contributed by atoms with E-state index in [0.29, 0.717) is 21.6 Å². The lowest BCUT2D eigenvalue weighted by Crippen LogP contribution is -2.26. The maximum absolute atomic E-state index is 11.6. The zero-order valence-corrected chi connectivity index (χ0v) is 16.6. The van der Waals surface area contributed by atoms with Gasteiger partial charge in [-0.2, -0.15) is 5.10 Å². The number of rotatable bonds is 4. The minimum atomic E-state index is -3.27. The molecule has 0 atom stereocenters. The number of sulfonamides is 1. The Hall–Kier alpha value is -2.03. The maximum Gasteiger partial charge on any atom is 0.231 e. The number of nitrogens with one attached hydrogen (secondary N) is 1. The molecule has 0 amide bonds. The van der Waals surface area contributed by atoms with E-state index in [1.54, 1.807) is 36.0 Å². The molecule has 1 heterocycles. The highest BCUT2D eigenvalue weighted by Crippen LogP contribution is 2.22. The van der Waals surface area contributed by atoms with E-state index >= 15 is 0 Å². The Labute approximate surface area is 162 Å². The lowest BCUT2D eigenvalue weighted by Gasteiger charge is -2.18. The monoisotopic (exact) mass is 408 g/mol. The number of anilines is 1. The zero-order valence-electron chi connectivity index (χ0n) is 14.2. The average Bonchev–Trinajstić information content (AvgIpc) is 2.61. The molecule has 0 radical (unpaired) electrons. The minimum Gasteiger partial charge on any atom is -0.274 e. The van der Waals surface area contributed by atoms with Crippen LogP contribution in [0, 0.1) is 0 Å². The number of hydrazone groups is 1. The average molecular weight is 409 g/mol. The molecule has 2 aromatic rings. The molecule has 1 aliphatic heterocycles. The van der Waals surface area contributed by atoms with Gasteiger partial charge < -0.3 is 0 Å². The van der Waals surface area contributed by atoms with Crippen LogP contribution in [-0.2, 0) is 10.0 Å². The predicted octanol–water partition coefficient (Wildman–Crippen LogP) is 3.46. The first-order chi connectivity index (χ1) is 12.3. The van der Waals surface area contributed by atoms with E-state index in [1.165, 1.54) is 17.6 Å². The fourth-order valence-electron chi connectivity index (χ4n) is 2.24. The normalized spacial score (nSPS) is 16.1. The summed E-state index contributed by atoms with van der Waals surface area (Å²) in [6, 6.07) is 14.5. The van der Waals surface area contributed by atoms with Crippen LogP contribution in [0.15, 0.2) is 58.6 Å². The van der Waals surface area contributed by atoms with Gasteiger partial charge in [-0.05, 0) is 35.9 Å². The summed E-state index contributed by atoms with van der Waals surface area (Å²) in [5, 5.41) is 5.71. The molecule has 1 aliphatic rings. The fourth-order valence-corrected chi connectivity index (χ4v) is 3.71. The third-order valence-electron chi connectivity index (χ3n) is 3.73. The molecular formula is C17H17ClN4O2S2. The van der Waals surface area contributed by atoms with Crippen LogP contribution < -0.4 is 9.73 Å². The van der Waals surface area contributed by atoms with Crippen LogP contribution in [0.1, 0.15) is 5.56 Å². The molecule has 136 valence electrons. The van der Waals surface area contributed by atoms with E-state index in [0.717, 1.165) is 17.0 Å². The summed E-state index contributed by atoms with van der Waals surface area (Å²) in [5.74, 6) is 0.660. The van der Waals surface area contributed by atoms with Crippen molar-refractivity contribution >= 4 is 55.6 Å². The number of nitrogens with zero attached hydrogens (tertiary/aromatic N) is 3. The number of halogens is 1. The van der Waals surface area contributed by atoms with Crippen LogP contribution in [0.5, 0.6) is 0 Å². The van der Waals surface area contributed by atoms with Crippen LogP contribution in [-0.4, -0.2) is 38.4 Å². The van der Waals surface area contributed by atoms with E-state index in [4.69, 9.17) is 11.6 Å². The summed E-state index contributed by atoms with van der Waals surface area (Å²) in [7, 11) is -1.75. The zero-order chi connectivity index (χ0) is 18.7. The maximum atomic E-state index is 11.6. The first-order valence-electron chi connectivity index (χ1n) is 7.67. The SMILES string of the molecule is CN(c1ccc(C2=NNC(=Nc3cccc(Cl)c3)SC2)cc1)S(C)(=O)=O. The number of hydrogen-bond donors (Lipinski definition) is 1. The molecule has 0 fully saturated rings. The molecule has 0 bridgehead atoms. The van der Waals surface area contributed by atoms with E-state index in [9.17, 15) is 8.42 Å². The summed E-state index contributed by atoms with van der Waals surface area (Å²) in [4.78, 5) is 4.47. The third kappa shape index (κ3) is 4.57. The molecule has 0 saturated heterocycles. The molecule has 9 heteroatoms. The summed E-state index contributed by atoms with van der Waals surface area (Å²) in [5.41, 5.74) is 6.12. The van der Waals surface area contributed by atoms with Crippen molar-refractivity contribution in [1.82, 2.24) is 5.43 Å². The number of hydrogen-bond acceptors (Lipinski definition) is 5. The Morgan fingerprint density at radius 2 is 1.96 bits per heavy atom. The highest BCUT2D eigenvalue weighted by molar-refractivity contribution is 8.14. The van der Waals surface area contributed by atoms with Gasteiger partial charge in [0.05, 0.1) is 23.3 Å². The van der Waals surface area contributed by atoms with E-state index in [1.807, 2.05) is 24.3 Å². The second kappa shape index (κ2) is 7.69. The Kier molecular flexibility index (Phi) is 5.55. The highest BCUT2D eigenvalue weighted by Gasteiger charge is 2.15. The van der Waals surface area contributed by atoms with Crippen LogP contribution in [0.2, 0.25) is 5.02 Å². The van der Waals surface area contributed by atoms with Crippen LogP contribution in [0.3, 0.4) is 0 Å². The van der Waals surface area contributed by atoms with Crippen molar-refractivity contribution in [3.05, 3.63) is 59.1 Å². The van der Waals surface area contributed by atoms with Gasteiger partial charge in [-0.1, -0.05) is 41.6 Å². The molecule has 3 rings (SSSR count). The number of amidine groups is 1. The van der Waals surface area contributed by atoms with Gasteiger partial charge in [0.2, 0.25) is 10.0 Å².